The van der Waals surface area contributed by atoms with Crippen molar-refractivity contribution in [3.63, 3.8) is 0 Å². The summed E-state index contributed by atoms with van der Waals surface area (Å²) >= 11 is 0. The van der Waals surface area contributed by atoms with E-state index in [1.165, 1.54) is 128 Å². The number of allylic oxidation sites excluding steroid dienone is 18. The molecule has 0 rings (SSSR count). The normalized spacial score (nSPS) is 14.7. The van der Waals surface area contributed by atoms with Crippen LogP contribution in [0.1, 0.15) is 316 Å². The molecular weight excluding hydrogens is 1270 g/mol. The number of phosphoric acid groups is 2. The molecule has 0 aromatic carbocycles. The molecule has 0 bridgehead atoms. The van der Waals surface area contributed by atoms with Crippen molar-refractivity contribution in [2.75, 3.05) is 39.6 Å². The minimum Gasteiger partial charge on any atom is -0.463 e. The summed E-state index contributed by atoms with van der Waals surface area (Å²) in [6.45, 7) is 2.43. The van der Waals surface area contributed by atoms with Crippen LogP contribution in [-0.2, 0) is 55.8 Å². The summed E-state index contributed by atoms with van der Waals surface area (Å²) in [4.78, 5) is 58.4. The van der Waals surface area contributed by atoms with E-state index >= 15 is 0 Å². The van der Waals surface area contributed by atoms with E-state index in [1.807, 2.05) is 0 Å². The summed E-state index contributed by atoms with van der Waals surface area (Å²) in [5, 5.41) is 20.6. The molecule has 0 aliphatic heterocycles. The van der Waals surface area contributed by atoms with Gasteiger partial charge in [0.25, 0.3) is 0 Å². The Balaban J connectivity index is 4.34. The van der Waals surface area contributed by atoms with Gasteiger partial charge in [-0.15, -0.1) is 0 Å². The summed E-state index contributed by atoms with van der Waals surface area (Å²) in [5.41, 5.74) is 0. The average molecular weight is 1410 g/mol. The second kappa shape index (κ2) is 72.0. The number of unbranched alkanes of at least 4 members (excludes halogenated alkanes) is 31. The summed E-state index contributed by atoms with van der Waals surface area (Å²) < 4.78 is 60.9. The van der Waals surface area contributed by atoms with Gasteiger partial charge in [-0.1, -0.05) is 304 Å². The molecule has 0 aliphatic carbocycles. The molecule has 18 heteroatoms. The highest BCUT2D eigenvalue weighted by Gasteiger charge is 2.29. The van der Waals surface area contributed by atoms with Crippen molar-refractivity contribution in [1.82, 2.24) is 0 Å². The first-order chi connectivity index (χ1) is 47.2. The van der Waals surface area contributed by atoms with Gasteiger partial charge in [-0.05, 0) is 103 Å². The Bertz CT molecular complexity index is 2200. The molecule has 5 atom stereocenters. The first-order valence-electron chi connectivity index (χ1n) is 38.2. The Labute approximate surface area is 590 Å². The van der Waals surface area contributed by atoms with Crippen LogP contribution in [0.25, 0.3) is 0 Å². The lowest BCUT2D eigenvalue weighted by atomic mass is 10.0. The number of hydrogen-bond donors (Lipinski definition) is 4. The smallest absolute Gasteiger partial charge is 0.463 e. The maximum atomic E-state index is 12.9. The quantitative estimate of drug-likeness (QED) is 0.0146. The number of esters is 3. The van der Waals surface area contributed by atoms with Gasteiger partial charge in [0.15, 0.2) is 6.10 Å². The van der Waals surface area contributed by atoms with Crippen molar-refractivity contribution in [3.05, 3.63) is 109 Å². The van der Waals surface area contributed by atoms with Gasteiger partial charge in [0.1, 0.15) is 25.4 Å². The molecule has 4 N–H and O–H groups in total. The van der Waals surface area contributed by atoms with Crippen molar-refractivity contribution >= 4 is 33.6 Å². The van der Waals surface area contributed by atoms with E-state index in [2.05, 4.69) is 130 Å². The lowest BCUT2D eigenvalue weighted by Gasteiger charge is -2.21. The summed E-state index contributed by atoms with van der Waals surface area (Å²) in [6, 6.07) is 0. The van der Waals surface area contributed by atoms with Gasteiger partial charge in [0, 0.05) is 19.3 Å². The van der Waals surface area contributed by atoms with Crippen LogP contribution in [0.2, 0.25) is 0 Å². The lowest BCUT2D eigenvalue weighted by Crippen LogP contribution is -2.30. The molecule has 0 amide bonds. The molecule has 0 aromatic rings. The molecule has 0 spiro atoms. The van der Waals surface area contributed by atoms with Gasteiger partial charge in [-0.3, -0.25) is 32.5 Å². The molecule has 0 heterocycles. The zero-order chi connectivity index (χ0) is 70.9. The third kappa shape index (κ3) is 73.3. The average Bonchev–Trinajstić information content (AvgIpc) is 1.59. The van der Waals surface area contributed by atoms with Crippen molar-refractivity contribution < 1.29 is 75.8 Å². The van der Waals surface area contributed by atoms with Crippen LogP contribution in [0.5, 0.6) is 0 Å². The Morgan fingerprint density at radius 3 is 0.866 bits per heavy atom. The number of carbonyl (C=O) groups excluding carboxylic acids is 3. The Morgan fingerprint density at radius 2 is 0.546 bits per heavy atom. The van der Waals surface area contributed by atoms with Crippen LogP contribution >= 0.6 is 15.6 Å². The predicted octanol–water partition coefficient (Wildman–Crippen LogP) is 22.0. The molecule has 0 saturated heterocycles. The van der Waals surface area contributed by atoms with Gasteiger partial charge >= 0.3 is 33.6 Å². The number of aliphatic hydroxyl groups is 2. The van der Waals surface area contributed by atoms with E-state index < -0.39 is 91.5 Å². The second-order valence-electron chi connectivity index (χ2n) is 25.4. The molecule has 0 aliphatic rings. The van der Waals surface area contributed by atoms with Crippen LogP contribution < -0.4 is 0 Å². The maximum absolute atomic E-state index is 12.9. The van der Waals surface area contributed by atoms with Gasteiger partial charge in [-0.2, -0.15) is 0 Å². The number of hydrogen-bond acceptors (Lipinski definition) is 14. The number of carbonyl (C=O) groups is 3. The van der Waals surface area contributed by atoms with Gasteiger partial charge in [0.05, 0.1) is 26.4 Å². The van der Waals surface area contributed by atoms with E-state index in [0.717, 1.165) is 128 Å². The minimum atomic E-state index is -4.92. The summed E-state index contributed by atoms with van der Waals surface area (Å²) in [6.07, 6.45) is 83.1. The van der Waals surface area contributed by atoms with Crippen LogP contribution in [0.3, 0.4) is 0 Å². The summed E-state index contributed by atoms with van der Waals surface area (Å²) in [7, 11) is -9.78. The van der Waals surface area contributed by atoms with Crippen LogP contribution in [0.4, 0.5) is 0 Å². The van der Waals surface area contributed by atoms with Crippen LogP contribution in [-0.4, -0.2) is 95.9 Å². The predicted molar refractivity (Wildman–Crippen MR) is 399 cm³/mol. The fourth-order valence-electron chi connectivity index (χ4n) is 10.2. The molecule has 97 heavy (non-hydrogen) atoms. The maximum Gasteiger partial charge on any atom is 0.472 e. The highest BCUT2D eigenvalue weighted by molar-refractivity contribution is 7.47. The zero-order valence-electron chi connectivity index (χ0n) is 61.0. The third-order valence-electron chi connectivity index (χ3n) is 16.0. The fraction of sp³-hybridized carbons (Fsp3) is 0.734. The van der Waals surface area contributed by atoms with Gasteiger partial charge < -0.3 is 34.2 Å². The molecule has 0 radical (unpaired) electrons. The van der Waals surface area contributed by atoms with Gasteiger partial charge in [0.2, 0.25) is 0 Å². The lowest BCUT2D eigenvalue weighted by molar-refractivity contribution is -0.161. The SMILES string of the molecule is CC/C=C\C/C=C\C/C=C\C/C=C\C/C=C\CCCCCCCCCCCCCCCCCCCC(=O)OCC(O)COP(=O)(O)OCC(O)COP(=O)(O)OCC(COC(=O)CCCCCC/C=C\C/C=C\C/C=C\C/C=C\CC)OC(=O)CCCCCCCCCCCCC. The molecular formula is C79H138O16P2. The van der Waals surface area contributed by atoms with E-state index in [9.17, 15) is 43.5 Å². The van der Waals surface area contributed by atoms with E-state index in [4.69, 9.17) is 32.3 Å². The van der Waals surface area contributed by atoms with Crippen LogP contribution in [0.15, 0.2) is 109 Å². The third-order valence-corrected chi connectivity index (χ3v) is 17.9. The molecule has 16 nitrogen and oxygen atoms in total. The van der Waals surface area contributed by atoms with Gasteiger partial charge in [-0.25, -0.2) is 9.13 Å². The largest absolute Gasteiger partial charge is 0.472 e. The molecule has 0 saturated carbocycles. The number of rotatable bonds is 72. The van der Waals surface area contributed by atoms with E-state index in [0.29, 0.717) is 19.3 Å². The molecule has 0 fully saturated rings. The topological polar surface area (TPSA) is 231 Å². The van der Waals surface area contributed by atoms with Crippen molar-refractivity contribution in [2.24, 2.45) is 0 Å². The minimum absolute atomic E-state index is 0.101. The Hall–Kier alpha value is -3.79. The standard InChI is InChI=1S/C79H138O16P2/c1-4-7-10-13-16-19-22-24-26-28-29-30-31-32-33-34-35-36-37-38-39-40-41-42-43-45-47-48-51-53-56-59-62-65-77(82)89-68-74(80)69-91-96(85,86)92-70-75(81)71-93-97(87,88)94-73-76(95-79(84)67-64-61-58-55-50-21-18-15-12-9-6-3)72-90-78(83)66-63-60-57-54-52-49-46-44-27-25-23-20-17-14-11-8-5-2/h7-8,10-11,16-17,19-20,24-27,29-30,32-33,46,49,74-76,80-81H,4-6,9,12-15,18,21-23,28,31,34-45,47-48,50-73H2,1-3H3,(H,85,86)(H,87,88)/b10-7-,11-8-,19-16-,20-17-,26-24-,27-25-,30-29-,33-32-,49-46-. The van der Waals surface area contributed by atoms with E-state index in [-0.39, 0.29) is 19.3 Å². The van der Waals surface area contributed by atoms with E-state index in [1.54, 1.807) is 0 Å². The highest BCUT2D eigenvalue weighted by atomic mass is 31.2. The Morgan fingerprint density at radius 1 is 0.299 bits per heavy atom. The molecule has 560 valence electrons. The monoisotopic (exact) mass is 1400 g/mol. The molecule has 0 aromatic heterocycles. The number of ether oxygens (including phenoxy) is 3. The number of phosphoric ester groups is 2. The van der Waals surface area contributed by atoms with Crippen molar-refractivity contribution in [2.45, 2.75) is 334 Å². The Kier molecular flexibility index (Phi) is 69.2. The summed E-state index contributed by atoms with van der Waals surface area (Å²) in [5.74, 6) is -1.59. The molecule has 5 unspecified atom stereocenters. The first kappa shape index (κ1) is 93.2. The zero-order valence-corrected chi connectivity index (χ0v) is 62.8. The van der Waals surface area contributed by atoms with Crippen molar-refractivity contribution in [1.29, 1.82) is 0 Å². The fourth-order valence-corrected chi connectivity index (χ4v) is 11.8. The second-order valence-corrected chi connectivity index (χ2v) is 28.3. The number of aliphatic hydroxyl groups excluding tert-OH is 2. The van der Waals surface area contributed by atoms with Crippen molar-refractivity contribution in [3.8, 4) is 0 Å². The highest BCUT2D eigenvalue weighted by Crippen LogP contribution is 2.45. The van der Waals surface area contributed by atoms with Crippen LogP contribution in [0, 0.1) is 0 Å². The first-order valence-corrected chi connectivity index (χ1v) is 41.2.